The van der Waals surface area contributed by atoms with Gasteiger partial charge < -0.3 is 0 Å². The van der Waals surface area contributed by atoms with E-state index < -0.39 is 0 Å². The molecule has 2 aliphatic rings. The van der Waals surface area contributed by atoms with E-state index in [0.29, 0.717) is 5.41 Å². The number of fused-ring (bicyclic) bond motifs is 1. The summed E-state index contributed by atoms with van der Waals surface area (Å²) < 4.78 is 0. The molecule has 0 saturated heterocycles. The summed E-state index contributed by atoms with van der Waals surface area (Å²) in [6.07, 6.45) is 9.93. The van der Waals surface area contributed by atoms with Crippen LogP contribution in [-0.4, -0.2) is 0 Å². The number of hydrogen-bond donors (Lipinski definition) is 0. The van der Waals surface area contributed by atoms with Crippen LogP contribution in [0, 0.1) is 11.3 Å². The molecule has 2 fully saturated rings. The van der Waals surface area contributed by atoms with Crippen molar-refractivity contribution in [2.24, 2.45) is 11.3 Å². The summed E-state index contributed by atoms with van der Waals surface area (Å²) in [5.74, 6) is 1.02. The molecule has 0 heteroatoms. The Morgan fingerprint density at radius 1 is 1.33 bits per heavy atom. The molecule has 0 radical (unpaired) electrons. The first-order valence-corrected chi connectivity index (χ1v) is 5.37. The first-order chi connectivity index (χ1) is 5.71. The van der Waals surface area contributed by atoms with Crippen molar-refractivity contribution in [3.8, 4) is 0 Å². The zero-order valence-electron chi connectivity index (χ0n) is 8.23. The second-order valence-corrected chi connectivity index (χ2v) is 5.06. The number of rotatable bonds is 0. The van der Waals surface area contributed by atoms with Crippen molar-refractivity contribution in [2.75, 3.05) is 0 Å². The van der Waals surface area contributed by atoms with Crippen molar-refractivity contribution in [1.29, 1.82) is 0 Å². The van der Waals surface area contributed by atoms with Crippen molar-refractivity contribution >= 4 is 0 Å². The largest absolute Gasteiger partial charge is 0.0998 e. The Kier molecular flexibility index (Phi) is 2.02. The molecule has 0 unspecified atom stereocenters. The van der Waals surface area contributed by atoms with Crippen LogP contribution in [0.2, 0.25) is 0 Å². The smallest absolute Gasteiger partial charge is 0.0260 e. The highest BCUT2D eigenvalue weighted by Gasteiger charge is 2.38. The Balaban J connectivity index is 2.12. The fourth-order valence-corrected chi connectivity index (χ4v) is 3.24. The lowest BCUT2D eigenvalue weighted by atomic mass is 9.60. The average molecular weight is 164 g/mol. The number of allylic oxidation sites excluding steroid dienone is 1. The van der Waals surface area contributed by atoms with E-state index in [-0.39, 0.29) is 0 Å². The maximum absolute atomic E-state index is 4.15. The van der Waals surface area contributed by atoms with Crippen LogP contribution in [0.4, 0.5) is 0 Å². The van der Waals surface area contributed by atoms with Crippen LogP contribution in [0.3, 0.4) is 0 Å². The van der Waals surface area contributed by atoms with E-state index in [2.05, 4.69) is 13.5 Å². The molecule has 2 atom stereocenters. The summed E-state index contributed by atoms with van der Waals surface area (Å²) in [7, 11) is 0. The lowest BCUT2D eigenvalue weighted by molar-refractivity contribution is 0.0882. The van der Waals surface area contributed by atoms with Crippen LogP contribution in [0.15, 0.2) is 12.2 Å². The predicted octanol–water partition coefficient (Wildman–Crippen LogP) is 3.92. The SMILES string of the molecule is C=C1CC[C@@H]2CCCC[C@]2(C)C1. The molecule has 68 valence electrons. The Morgan fingerprint density at radius 3 is 3.00 bits per heavy atom. The summed E-state index contributed by atoms with van der Waals surface area (Å²) in [5.41, 5.74) is 2.16. The summed E-state index contributed by atoms with van der Waals surface area (Å²) in [4.78, 5) is 0. The van der Waals surface area contributed by atoms with Crippen LogP contribution in [0.1, 0.15) is 51.9 Å². The third-order valence-electron chi connectivity index (χ3n) is 4.04. The average Bonchev–Trinajstić information content (AvgIpc) is 2.02. The second-order valence-electron chi connectivity index (χ2n) is 5.06. The zero-order chi connectivity index (χ0) is 8.60. The molecule has 2 rings (SSSR count). The third kappa shape index (κ3) is 1.32. The van der Waals surface area contributed by atoms with Gasteiger partial charge >= 0.3 is 0 Å². The van der Waals surface area contributed by atoms with Gasteiger partial charge in [0.15, 0.2) is 0 Å². The van der Waals surface area contributed by atoms with Gasteiger partial charge in [-0.25, -0.2) is 0 Å². The van der Waals surface area contributed by atoms with Crippen LogP contribution in [0.25, 0.3) is 0 Å². The molecule has 0 spiro atoms. The van der Waals surface area contributed by atoms with Gasteiger partial charge in [0.1, 0.15) is 0 Å². The summed E-state index contributed by atoms with van der Waals surface area (Å²) in [5, 5.41) is 0. The Bertz CT molecular complexity index is 192. The Morgan fingerprint density at radius 2 is 2.17 bits per heavy atom. The highest BCUT2D eigenvalue weighted by atomic mass is 14.4. The second kappa shape index (κ2) is 2.90. The molecular formula is C12H20. The molecule has 0 amide bonds. The summed E-state index contributed by atoms with van der Waals surface area (Å²) in [6.45, 7) is 6.64. The third-order valence-corrected chi connectivity index (χ3v) is 4.04. The summed E-state index contributed by atoms with van der Waals surface area (Å²) in [6, 6.07) is 0. The van der Waals surface area contributed by atoms with Crippen molar-refractivity contribution in [3.05, 3.63) is 12.2 Å². The molecule has 0 heterocycles. The van der Waals surface area contributed by atoms with Crippen molar-refractivity contribution < 1.29 is 0 Å². The predicted molar refractivity (Wildman–Crippen MR) is 53.1 cm³/mol. The van der Waals surface area contributed by atoms with Gasteiger partial charge in [-0.15, -0.1) is 0 Å². The number of hydrogen-bond acceptors (Lipinski definition) is 0. The van der Waals surface area contributed by atoms with Crippen LogP contribution < -0.4 is 0 Å². The van der Waals surface area contributed by atoms with E-state index in [0.717, 1.165) is 5.92 Å². The molecule has 2 saturated carbocycles. The minimum Gasteiger partial charge on any atom is -0.0998 e. The Hall–Kier alpha value is -0.260. The fraction of sp³-hybridized carbons (Fsp3) is 0.833. The van der Waals surface area contributed by atoms with E-state index in [4.69, 9.17) is 0 Å². The first-order valence-electron chi connectivity index (χ1n) is 5.37. The van der Waals surface area contributed by atoms with Crippen molar-refractivity contribution in [3.63, 3.8) is 0 Å². The Labute approximate surface area is 76.1 Å². The molecule has 0 bridgehead atoms. The van der Waals surface area contributed by atoms with Gasteiger partial charge in [-0.05, 0) is 43.4 Å². The van der Waals surface area contributed by atoms with E-state index in [1.165, 1.54) is 50.5 Å². The monoisotopic (exact) mass is 164 g/mol. The van der Waals surface area contributed by atoms with E-state index in [1.54, 1.807) is 0 Å². The van der Waals surface area contributed by atoms with Crippen molar-refractivity contribution in [2.45, 2.75) is 51.9 Å². The van der Waals surface area contributed by atoms with Gasteiger partial charge in [0.25, 0.3) is 0 Å². The molecule has 2 aliphatic carbocycles. The molecule has 0 N–H and O–H groups in total. The maximum Gasteiger partial charge on any atom is -0.0260 e. The molecule has 0 nitrogen and oxygen atoms in total. The summed E-state index contributed by atoms with van der Waals surface area (Å²) >= 11 is 0. The molecule has 0 aromatic heterocycles. The first kappa shape index (κ1) is 8.34. The van der Waals surface area contributed by atoms with Gasteiger partial charge in [0.05, 0.1) is 0 Å². The quantitative estimate of drug-likeness (QED) is 0.476. The lowest BCUT2D eigenvalue weighted by Crippen LogP contribution is -2.34. The molecular weight excluding hydrogens is 144 g/mol. The van der Waals surface area contributed by atoms with Crippen LogP contribution in [0.5, 0.6) is 0 Å². The van der Waals surface area contributed by atoms with E-state index in [1.807, 2.05) is 0 Å². The highest BCUT2D eigenvalue weighted by Crippen LogP contribution is 2.51. The molecule has 0 aliphatic heterocycles. The van der Waals surface area contributed by atoms with Gasteiger partial charge in [-0.1, -0.05) is 31.9 Å². The van der Waals surface area contributed by atoms with Gasteiger partial charge in [-0.2, -0.15) is 0 Å². The minimum atomic E-state index is 0.646. The topological polar surface area (TPSA) is 0 Å². The van der Waals surface area contributed by atoms with Gasteiger partial charge in [0.2, 0.25) is 0 Å². The van der Waals surface area contributed by atoms with Gasteiger partial charge in [0, 0.05) is 0 Å². The van der Waals surface area contributed by atoms with E-state index in [9.17, 15) is 0 Å². The van der Waals surface area contributed by atoms with E-state index >= 15 is 0 Å². The molecule has 0 aromatic rings. The van der Waals surface area contributed by atoms with Crippen LogP contribution in [-0.2, 0) is 0 Å². The standard InChI is InChI=1S/C12H20/c1-10-6-7-11-5-3-4-8-12(11,2)9-10/h11H,1,3-9H2,2H3/t11-,12+/m0/s1. The fourth-order valence-electron chi connectivity index (χ4n) is 3.24. The van der Waals surface area contributed by atoms with Gasteiger partial charge in [-0.3, -0.25) is 0 Å². The maximum atomic E-state index is 4.15. The minimum absolute atomic E-state index is 0.646. The van der Waals surface area contributed by atoms with Crippen molar-refractivity contribution in [1.82, 2.24) is 0 Å². The lowest BCUT2D eigenvalue weighted by Gasteiger charge is -2.45. The van der Waals surface area contributed by atoms with Crippen LogP contribution >= 0.6 is 0 Å². The highest BCUT2D eigenvalue weighted by molar-refractivity contribution is 5.07. The zero-order valence-corrected chi connectivity index (χ0v) is 8.23. The normalized spacial score (nSPS) is 42.4. The molecule has 0 aromatic carbocycles. The molecule has 12 heavy (non-hydrogen) atoms.